The molecule has 1 aliphatic rings. The van der Waals surface area contributed by atoms with Gasteiger partial charge in [0.25, 0.3) is 0 Å². The minimum Gasteiger partial charge on any atom is -0.396 e. The summed E-state index contributed by atoms with van der Waals surface area (Å²) in [5.41, 5.74) is 0. The maximum absolute atomic E-state index is 8.74. The fourth-order valence-electron chi connectivity index (χ4n) is 2.83. The van der Waals surface area contributed by atoms with Crippen LogP contribution in [-0.4, -0.2) is 48.8 Å². The van der Waals surface area contributed by atoms with E-state index in [9.17, 15) is 0 Å². The van der Waals surface area contributed by atoms with Crippen molar-refractivity contribution in [2.45, 2.75) is 64.0 Å². The van der Waals surface area contributed by atoms with Gasteiger partial charge in [-0.2, -0.15) is 0 Å². The summed E-state index contributed by atoms with van der Waals surface area (Å²) in [5.74, 6) is 0. The number of nitrogens with zero attached hydrogens (tertiary/aromatic N) is 1. The molecule has 1 aliphatic heterocycles. The van der Waals surface area contributed by atoms with E-state index in [1.165, 1.54) is 51.6 Å². The molecule has 1 saturated heterocycles. The van der Waals surface area contributed by atoms with Crippen LogP contribution < -0.4 is 5.32 Å². The molecule has 2 N–H and O–H groups in total. The Balaban J connectivity index is 2.23. The van der Waals surface area contributed by atoms with Gasteiger partial charge in [-0.1, -0.05) is 19.3 Å². The molecular weight excluding hydrogens is 212 g/mol. The molecule has 102 valence electrons. The summed E-state index contributed by atoms with van der Waals surface area (Å²) in [7, 11) is 2.07. The van der Waals surface area contributed by atoms with Crippen molar-refractivity contribution in [3.63, 3.8) is 0 Å². The number of rotatable bonds is 8. The van der Waals surface area contributed by atoms with E-state index < -0.39 is 0 Å². The van der Waals surface area contributed by atoms with Crippen LogP contribution in [0.15, 0.2) is 0 Å². The van der Waals surface area contributed by atoms with E-state index in [0.717, 1.165) is 12.5 Å². The average Bonchev–Trinajstić information content (AvgIpc) is 2.38. The van der Waals surface area contributed by atoms with Gasteiger partial charge in [0.2, 0.25) is 0 Å². The highest BCUT2D eigenvalue weighted by molar-refractivity contribution is 4.84. The fraction of sp³-hybridized carbons (Fsp3) is 1.00. The smallest absolute Gasteiger partial charge is 0.0431 e. The quantitative estimate of drug-likeness (QED) is 0.639. The van der Waals surface area contributed by atoms with Gasteiger partial charge in [0, 0.05) is 18.7 Å². The van der Waals surface area contributed by atoms with Gasteiger partial charge in [0.05, 0.1) is 0 Å². The number of nitrogens with one attached hydrogen (secondary N) is 1. The molecule has 0 saturated carbocycles. The molecule has 2 unspecified atom stereocenters. The van der Waals surface area contributed by atoms with Gasteiger partial charge < -0.3 is 10.4 Å². The first-order valence-electron chi connectivity index (χ1n) is 7.31. The fourth-order valence-corrected chi connectivity index (χ4v) is 2.83. The lowest BCUT2D eigenvalue weighted by Crippen LogP contribution is -2.50. The lowest BCUT2D eigenvalue weighted by molar-refractivity contribution is 0.119. The molecular formula is C14H30N2O. The van der Waals surface area contributed by atoms with Crippen molar-refractivity contribution >= 4 is 0 Å². The standard InChI is InChI=1S/C14H30N2O/c1-13(15-2)14-9-5-7-11-16(14)10-6-3-4-8-12-17/h13-15,17H,3-12H2,1-2H3. The third-order valence-electron chi connectivity index (χ3n) is 4.05. The van der Waals surface area contributed by atoms with Crippen LogP contribution in [-0.2, 0) is 0 Å². The van der Waals surface area contributed by atoms with Crippen LogP contribution in [0.25, 0.3) is 0 Å². The number of hydrogen-bond acceptors (Lipinski definition) is 3. The molecule has 0 amide bonds. The van der Waals surface area contributed by atoms with Crippen molar-refractivity contribution in [1.29, 1.82) is 0 Å². The monoisotopic (exact) mass is 242 g/mol. The molecule has 3 nitrogen and oxygen atoms in total. The first-order valence-corrected chi connectivity index (χ1v) is 7.31. The molecule has 0 aromatic rings. The average molecular weight is 242 g/mol. The van der Waals surface area contributed by atoms with Crippen LogP contribution in [0.5, 0.6) is 0 Å². The van der Waals surface area contributed by atoms with Crippen molar-refractivity contribution in [3.05, 3.63) is 0 Å². The SMILES string of the molecule is CNC(C)C1CCCCN1CCCCCCO. The van der Waals surface area contributed by atoms with Crippen LogP contribution in [0.2, 0.25) is 0 Å². The molecule has 17 heavy (non-hydrogen) atoms. The second-order valence-corrected chi connectivity index (χ2v) is 5.31. The summed E-state index contributed by atoms with van der Waals surface area (Å²) < 4.78 is 0. The van der Waals surface area contributed by atoms with Crippen molar-refractivity contribution in [2.75, 3.05) is 26.7 Å². The molecule has 1 heterocycles. The normalized spacial score (nSPS) is 23.8. The zero-order valence-corrected chi connectivity index (χ0v) is 11.6. The molecule has 2 atom stereocenters. The van der Waals surface area contributed by atoms with Crippen LogP contribution in [0, 0.1) is 0 Å². The van der Waals surface area contributed by atoms with Crippen LogP contribution in [0.4, 0.5) is 0 Å². The molecule has 1 rings (SSSR count). The zero-order chi connectivity index (χ0) is 12.5. The van der Waals surface area contributed by atoms with E-state index in [1.54, 1.807) is 0 Å². The van der Waals surface area contributed by atoms with E-state index in [-0.39, 0.29) is 0 Å². The van der Waals surface area contributed by atoms with Crippen LogP contribution in [0.3, 0.4) is 0 Å². The minimum atomic E-state index is 0.350. The summed E-state index contributed by atoms with van der Waals surface area (Å²) in [4.78, 5) is 2.67. The Morgan fingerprint density at radius 2 is 2.00 bits per heavy atom. The van der Waals surface area contributed by atoms with Gasteiger partial charge in [-0.15, -0.1) is 0 Å². The summed E-state index contributed by atoms with van der Waals surface area (Å²) in [5, 5.41) is 12.1. The topological polar surface area (TPSA) is 35.5 Å². The molecule has 1 fully saturated rings. The number of hydrogen-bond donors (Lipinski definition) is 2. The van der Waals surface area contributed by atoms with E-state index >= 15 is 0 Å². The molecule has 0 spiro atoms. The van der Waals surface area contributed by atoms with E-state index in [1.807, 2.05) is 0 Å². The number of likely N-dealkylation sites (tertiary alicyclic amines) is 1. The molecule has 3 heteroatoms. The largest absolute Gasteiger partial charge is 0.396 e. The number of unbranched alkanes of at least 4 members (excludes halogenated alkanes) is 3. The number of aliphatic hydroxyl groups is 1. The van der Waals surface area contributed by atoms with Crippen molar-refractivity contribution in [1.82, 2.24) is 10.2 Å². The molecule has 0 aromatic carbocycles. The lowest BCUT2D eigenvalue weighted by atomic mass is 9.96. The van der Waals surface area contributed by atoms with Gasteiger partial charge in [-0.3, -0.25) is 4.90 Å². The second kappa shape index (κ2) is 8.90. The number of likely N-dealkylation sites (N-methyl/N-ethyl adjacent to an activating group) is 1. The maximum atomic E-state index is 8.74. The van der Waals surface area contributed by atoms with Crippen molar-refractivity contribution < 1.29 is 5.11 Å². The Kier molecular flexibility index (Phi) is 7.82. The summed E-state index contributed by atoms with van der Waals surface area (Å²) in [6, 6.07) is 1.33. The zero-order valence-electron chi connectivity index (χ0n) is 11.6. The minimum absolute atomic E-state index is 0.350. The van der Waals surface area contributed by atoms with E-state index in [4.69, 9.17) is 5.11 Å². The predicted octanol–water partition coefficient (Wildman–Crippen LogP) is 2.00. The lowest BCUT2D eigenvalue weighted by Gasteiger charge is -2.39. The van der Waals surface area contributed by atoms with Gasteiger partial charge >= 0.3 is 0 Å². The highest BCUT2D eigenvalue weighted by Gasteiger charge is 2.25. The third-order valence-corrected chi connectivity index (χ3v) is 4.05. The van der Waals surface area contributed by atoms with Crippen molar-refractivity contribution in [2.24, 2.45) is 0 Å². The molecule has 0 bridgehead atoms. The van der Waals surface area contributed by atoms with Crippen LogP contribution >= 0.6 is 0 Å². The Labute approximate surface area is 107 Å². The molecule has 0 radical (unpaired) electrons. The number of piperidine rings is 1. The number of aliphatic hydroxyl groups excluding tert-OH is 1. The van der Waals surface area contributed by atoms with Gasteiger partial charge in [-0.05, 0) is 52.7 Å². The Hall–Kier alpha value is -0.120. The first kappa shape index (κ1) is 14.9. The first-order chi connectivity index (χ1) is 8.29. The van der Waals surface area contributed by atoms with E-state index in [2.05, 4.69) is 24.2 Å². The second-order valence-electron chi connectivity index (χ2n) is 5.31. The Morgan fingerprint density at radius 1 is 1.24 bits per heavy atom. The van der Waals surface area contributed by atoms with Crippen molar-refractivity contribution in [3.8, 4) is 0 Å². The van der Waals surface area contributed by atoms with Gasteiger partial charge in [0.15, 0.2) is 0 Å². The summed E-state index contributed by atoms with van der Waals surface area (Å²) in [6.45, 7) is 5.16. The van der Waals surface area contributed by atoms with Crippen LogP contribution in [0.1, 0.15) is 51.9 Å². The summed E-state index contributed by atoms with van der Waals surface area (Å²) in [6.07, 6.45) is 8.79. The molecule has 0 aromatic heterocycles. The Morgan fingerprint density at radius 3 is 2.71 bits per heavy atom. The molecule has 0 aliphatic carbocycles. The Bertz CT molecular complexity index is 187. The predicted molar refractivity (Wildman–Crippen MR) is 73.3 cm³/mol. The highest BCUT2D eigenvalue weighted by Crippen LogP contribution is 2.20. The maximum Gasteiger partial charge on any atom is 0.0431 e. The highest BCUT2D eigenvalue weighted by atomic mass is 16.2. The third kappa shape index (κ3) is 5.36. The van der Waals surface area contributed by atoms with Gasteiger partial charge in [0.1, 0.15) is 0 Å². The van der Waals surface area contributed by atoms with Gasteiger partial charge in [-0.25, -0.2) is 0 Å². The summed E-state index contributed by atoms with van der Waals surface area (Å²) >= 11 is 0. The van der Waals surface area contributed by atoms with E-state index in [0.29, 0.717) is 12.6 Å².